The zero-order chi connectivity index (χ0) is 18.8. The second kappa shape index (κ2) is 8.05. The summed E-state index contributed by atoms with van der Waals surface area (Å²) in [5, 5.41) is 0. The van der Waals surface area contributed by atoms with Crippen LogP contribution in [-0.4, -0.2) is 44.2 Å². The molecule has 3 atom stereocenters. The van der Waals surface area contributed by atoms with Crippen LogP contribution in [0.2, 0.25) is 0 Å². The maximum Gasteiger partial charge on any atom is 0.209 e. The van der Waals surface area contributed by atoms with Crippen LogP contribution < -0.4 is 4.72 Å². The van der Waals surface area contributed by atoms with E-state index in [0.717, 1.165) is 31.8 Å². The van der Waals surface area contributed by atoms with Gasteiger partial charge in [0.1, 0.15) is 0 Å². The van der Waals surface area contributed by atoms with E-state index >= 15 is 0 Å². The second-order valence-electron chi connectivity index (χ2n) is 9.44. The van der Waals surface area contributed by atoms with E-state index < -0.39 is 15.6 Å². The number of nitrogens with zero attached hydrogens (tertiary/aromatic N) is 1. The fourth-order valence-corrected chi connectivity index (χ4v) is 5.68. The lowest BCUT2D eigenvalue weighted by Gasteiger charge is -2.48. The number of rotatable bonds is 8. The molecule has 1 N–H and O–H groups in total. The average Bonchev–Trinajstić information content (AvgIpc) is 2.38. The van der Waals surface area contributed by atoms with Crippen molar-refractivity contribution in [2.24, 2.45) is 17.3 Å². The molecule has 1 aliphatic rings. The summed E-state index contributed by atoms with van der Waals surface area (Å²) in [6.07, 6.45) is 5.74. The van der Waals surface area contributed by atoms with Crippen molar-refractivity contribution >= 4 is 10.0 Å². The highest BCUT2D eigenvalue weighted by atomic mass is 32.2. The topological polar surface area (TPSA) is 49.4 Å². The van der Waals surface area contributed by atoms with E-state index in [2.05, 4.69) is 44.2 Å². The largest absolute Gasteiger partial charge is 0.300 e. The van der Waals surface area contributed by atoms with E-state index in [-0.39, 0.29) is 0 Å². The molecule has 0 saturated carbocycles. The summed E-state index contributed by atoms with van der Waals surface area (Å²) in [7, 11) is -3.17. The van der Waals surface area contributed by atoms with E-state index in [9.17, 15) is 8.42 Å². The zero-order valence-electron chi connectivity index (χ0n) is 17.1. The van der Waals surface area contributed by atoms with E-state index in [1.165, 1.54) is 19.1 Å². The van der Waals surface area contributed by atoms with Gasteiger partial charge in [-0.3, -0.25) is 4.90 Å². The summed E-state index contributed by atoms with van der Waals surface area (Å²) >= 11 is 0. The van der Waals surface area contributed by atoms with Gasteiger partial charge in [-0.25, -0.2) is 13.1 Å². The molecule has 0 aromatic heterocycles. The maximum absolute atomic E-state index is 11.6. The third-order valence-electron chi connectivity index (χ3n) is 5.56. The molecule has 24 heavy (non-hydrogen) atoms. The predicted octanol–water partition coefficient (Wildman–Crippen LogP) is 3.88. The number of nitrogens with one attached hydrogen (secondary N) is 1. The van der Waals surface area contributed by atoms with Crippen molar-refractivity contribution in [3.8, 4) is 0 Å². The summed E-state index contributed by atoms with van der Waals surface area (Å²) in [5.74, 6) is 1.26. The Morgan fingerprint density at radius 1 is 1.29 bits per heavy atom. The van der Waals surface area contributed by atoms with Crippen molar-refractivity contribution < 1.29 is 8.42 Å². The Morgan fingerprint density at radius 2 is 1.88 bits per heavy atom. The Morgan fingerprint density at radius 3 is 2.33 bits per heavy atom. The number of hydrogen-bond donors (Lipinski definition) is 1. The van der Waals surface area contributed by atoms with Gasteiger partial charge in [0, 0.05) is 24.7 Å². The first-order chi connectivity index (χ1) is 10.8. The molecule has 1 fully saturated rings. The molecule has 0 radical (unpaired) electrons. The van der Waals surface area contributed by atoms with Crippen LogP contribution in [0, 0.1) is 17.3 Å². The Hall–Kier alpha value is -0.130. The van der Waals surface area contributed by atoms with Crippen LogP contribution in [0.25, 0.3) is 0 Å². The van der Waals surface area contributed by atoms with Crippen molar-refractivity contribution in [3.05, 3.63) is 0 Å². The molecule has 0 aromatic rings. The van der Waals surface area contributed by atoms with Crippen molar-refractivity contribution in [1.82, 2.24) is 9.62 Å². The Kier molecular flexibility index (Phi) is 7.35. The van der Waals surface area contributed by atoms with Gasteiger partial charge in [-0.15, -0.1) is 0 Å². The third-order valence-corrected chi connectivity index (χ3v) is 6.48. The van der Waals surface area contributed by atoms with Gasteiger partial charge >= 0.3 is 0 Å². The van der Waals surface area contributed by atoms with Crippen molar-refractivity contribution in [2.45, 2.75) is 85.7 Å². The standard InChI is InChI=1S/C19H40N2O2S/c1-9-16(11-19(6,7)20-24(8,22)23)13-21-14-18(4,5)12-17(10-2)15(21)3/h15-17,20H,9-14H2,1-8H3. The van der Waals surface area contributed by atoms with Crippen LogP contribution in [-0.2, 0) is 10.0 Å². The SMILES string of the molecule is CCC(CN1CC(C)(C)CC(CC)C1C)CC(C)(C)NS(C)(=O)=O. The average molecular weight is 361 g/mol. The summed E-state index contributed by atoms with van der Waals surface area (Å²) in [6.45, 7) is 17.8. The Balaban J connectivity index is 2.79. The minimum atomic E-state index is -3.17. The number of piperidine rings is 1. The Labute approximate surface area is 150 Å². The fraction of sp³-hybridized carbons (Fsp3) is 1.00. The minimum absolute atomic E-state index is 0.367. The van der Waals surface area contributed by atoms with Crippen LogP contribution in [0.3, 0.4) is 0 Å². The quantitative estimate of drug-likeness (QED) is 0.715. The van der Waals surface area contributed by atoms with Gasteiger partial charge in [0.15, 0.2) is 0 Å². The molecule has 1 saturated heterocycles. The molecule has 0 bridgehead atoms. The van der Waals surface area contributed by atoms with Crippen LogP contribution in [0.1, 0.15) is 74.1 Å². The van der Waals surface area contributed by atoms with Crippen LogP contribution in [0.4, 0.5) is 0 Å². The third kappa shape index (κ3) is 7.01. The van der Waals surface area contributed by atoms with Crippen LogP contribution in [0.5, 0.6) is 0 Å². The molecule has 1 aliphatic heterocycles. The van der Waals surface area contributed by atoms with E-state index in [1.54, 1.807) is 0 Å². The van der Waals surface area contributed by atoms with Gasteiger partial charge < -0.3 is 0 Å². The lowest BCUT2D eigenvalue weighted by molar-refractivity contribution is 0.00921. The van der Waals surface area contributed by atoms with Crippen molar-refractivity contribution in [3.63, 3.8) is 0 Å². The van der Waals surface area contributed by atoms with Gasteiger partial charge in [0.2, 0.25) is 10.0 Å². The monoisotopic (exact) mass is 360 g/mol. The van der Waals surface area contributed by atoms with Gasteiger partial charge in [0.05, 0.1) is 6.26 Å². The number of likely N-dealkylation sites (tertiary alicyclic amines) is 1. The number of hydrogen-bond acceptors (Lipinski definition) is 3. The molecule has 0 aromatic carbocycles. The van der Waals surface area contributed by atoms with Gasteiger partial charge in [-0.05, 0) is 50.9 Å². The summed E-state index contributed by atoms with van der Waals surface area (Å²) in [4.78, 5) is 2.66. The lowest BCUT2D eigenvalue weighted by Crippen LogP contribution is -2.52. The molecule has 4 nitrogen and oxygen atoms in total. The highest BCUT2D eigenvalue weighted by Gasteiger charge is 2.38. The second-order valence-corrected chi connectivity index (χ2v) is 11.2. The van der Waals surface area contributed by atoms with E-state index in [1.807, 2.05) is 13.8 Å². The molecule has 0 aliphatic carbocycles. The molecule has 3 unspecified atom stereocenters. The van der Waals surface area contributed by atoms with E-state index in [4.69, 9.17) is 0 Å². The van der Waals surface area contributed by atoms with Gasteiger partial charge in [-0.1, -0.05) is 40.5 Å². The highest BCUT2D eigenvalue weighted by Crippen LogP contribution is 2.38. The zero-order valence-corrected chi connectivity index (χ0v) is 18.0. The van der Waals surface area contributed by atoms with E-state index in [0.29, 0.717) is 17.4 Å². The predicted molar refractivity (Wildman–Crippen MR) is 104 cm³/mol. The van der Waals surface area contributed by atoms with Gasteiger partial charge in [0.25, 0.3) is 0 Å². The summed E-state index contributed by atoms with van der Waals surface area (Å²) in [5.41, 5.74) is -0.0288. The first kappa shape index (κ1) is 21.9. The van der Waals surface area contributed by atoms with Crippen LogP contribution in [0.15, 0.2) is 0 Å². The molecule has 5 heteroatoms. The molecule has 0 spiro atoms. The first-order valence-corrected chi connectivity index (χ1v) is 11.4. The van der Waals surface area contributed by atoms with Crippen molar-refractivity contribution in [1.29, 1.82) is 0 Å². The minimum Gasteiger partial charge on any atom is -0.300 e. The molecule has 144 valence electrons. The Bertz CT molecular complexity index is 499. The van der Waals surface area contributed by atoms with Crippen molar-refractivity contribution in [2.75, 3.05) is 19.3 Å². The molecule has 1 heterocycles. The molecular formula is C19H40N2O2S. The molecular weight excluding hydrogens is 320 g/mol. The fourth-order valence-electron chi connectivity index (χ4n) is 4.59. The molecule has 0 amide bonds. The first-order valence-electron chi connectivity index (χ1n) is 9.51. The van der Waals surface area contributed by atoms with Gasteiger partial charge in [-0.2, -0.15) is 0 Å². The van der Waals surface area contributed by atoms with Crippen LogP contribution >= 0.6 is 0 Å². The summed E-state index contributed by atoms with van der Waals surface area (Å²) in [6, 6.07) is 0.614. The summed E-state index contributed by atoms with van der Waals surface area (Å²) < 4.78 is 26.0. The number of sulfonamides is 1. The smallest absolute Gasteiger partial charge is 0.209 e. The molecule has 1 rings (SSSR count). The maximum atomic E-state index is 11.6. The normalized spacial score (nSPS) is 27.2. The highest BCUT2D eigenvalue weighted by molar-refractivity contribution is 7.88. The lowest BCUT2D eigenvalue weighted by atomic mass is 9.73.